The van der Waals surface area contributed by atoms with Gasteiger partial charge in [0.2, 0.25) is 0 Å². The number of hydrogen-bond acceptors (Lipinski definition) is 4. The summed E-state index contributed by atoms with van der Waals surface area (Å²) in [6, 6.07) is 0. The van der Waals surface area contributed by atoms with Gasteiger partial charge in [-0.1, -0.05) is 32.6 Å². The highest BCUT2D eigenvalue weighted by Gasteiger charge is 2.15. The van der Waals surface area contributed by atoms with E-state index in [-0.39, 0.29) is 0 Å². The highest BCUT2D eigenvalue weighted by atomic mass is 79.9. The number of hydrogen-bond donors (Lipinski definition) is 2. The molecule has 19 heavy (non-hydrogen) atoms. The summed E-state index contributed by atoms with van der Waals surface area (Å²) in [5.74, 6) is 2.68. The van der Waals surface area contributed by atoms with Crippen molar-refractivity contribution in [3.05, 3.63) is 10.8 Å². The third kappa shape index (κ3) is 4.34. The Morgan fingerprint density at radius 2 is 1.79 bits per heavy atom. The van der Waals surface area contributed by atoms with E-state index in [1.807, 2.05) is 0 Å². The summed E-state index contributed by atoms with van der Waals surface area (Å²) in [6.07, 6.45) is 9.56. The van der Waals surface area contributed by atoms with Crippen molar-refractivity contribution >= 4 is 27.6 Å². The Hall–Kier alpha value is -0.840. The van der Waals surface area contributed by atoms with Gasteiger partial charge in [-0.05, 0) is 34.7 Å². The molecule has 1 fully saturated rings. The molecule has 0 radical (unpaired) electrons. The van der Waals surface area contributed by atoms with Gasteiger partial charge in [0.15, 0.2) is 0 Å². The first-order valence-electron chi connectivity index (χ1n) is 7.29. The molecule has 0 spiro atoms. The standard InChI is InChI=1S/C14H23BrN4/c1-2-8-16-13-12(15)14(19-10-18-13)17-9-7-11-5-3-4-6-11/h10-11H,2-9H2,1H3,(H2,16,17,18,19). The van der Waals surface area contributed by atoms with Crippen LogP contribution in [0.4, 0.5) is 11.6 Å². The Balaban J connectivity index is 1.84. The molecule has 1 aromatic rings. The molecule has 0 unspecified atom stereocenters. The summed E-state index contributed by atoms with van der Waals surface area (Å²) in [6.45, 7) is 4.06. The first-order chi connectivity index (χ1) is 9.31. The van der Waals surface area contributed by atoms with Crippen molar-refractivity contribution in [1.82, 2.24) is 9.97 Å². The normalized spacial score (nSPS) is 15.7. The topological polar surface area (TPSA) is 49.8 Å². The zero-order valence-corrected chi connectivity index (χ0v) is 13.2. The molecule has 1 aliphatic carbocycles. The van der Waals surface area contributed by atoms with Crippen molar-refractivity contribution in [2.24, 2.45) is 5.92 Å². The van der Waals surface area contributed by atoms with Gasteiger partial charge < -0.3 is 10.6 Å². The van der Waals surface area contributed by atoms with E-state index in [1.165, 1.54) is 32.1 Å². The maximum atomic E-state index is 4.30. The summed E-state index contributed by atoms with van der Waals surface area (Å²) < 4.78 is 0.940. The molecule has 1 saturated carbocycles. The minimum atomic E-state index is 0.875. The van der Waals surface area contributed by atoms with Gasteiger partial charge in [0, 0.05) is 13.1 Å². The van der Waals surface area contributed by atoms with E-state index in [1.54, 1.807) is 6.33 Å². The molecule has 5 heteroatoms. The van der Waals surface area contributed by atoms with E-state index >= 15 is 0 Å². The van der Waals surface area contributed by atoms with E-state index in [4.69, 9.17) is 0 Å². The van der Waals surface area contributed by atoms with Crippen molar-refractivity contribution in [3.63, 3.8) is 0 Å². The molecule has 0 bridgehead atoms. The molecule has 4 nitrogen and oxygen atoms in total. The molecule has 1 aliphatic rings. The van der Waals surface area contributed by atoms with Crippen LogP contribution in [-0.4, -0.2) is 23.1 Å². The Morgan fingerprint density at radius 3 is 2.42 bits per heavy atom. The molecule has 0 amide bonds. The van der Waals surface area contributed by atoms with Gasteiger partial charge in [0.1, 0.15) is 22.4 Å². The average Bonchev–Trinajstić information content (AvgIpc) is 2.92. The fourth-order valence-electron chi connectivity index (χ4n) is 2.55. The van der Waals surface area contributed by atoms with Crippen molar-refractivity contribution in [2.75, 3.05) is 23.7 Å². The molecule has 2 N–H and O–H groups in total. The van der Waals surface area contributed by atoms with Crippen LogP contribution in [-0.2, 0) is 0 Å². The number of aromatic nitrogens is 2. The lowest BCUT2D eigenvalue weighted by Gasteiger charge is -2.13. The van der Waals surface area contributed by atoms with Gasteiger partial charge in [-0.25, -0.2) is 9.97 Å². The number of halogens is 1. The van der Waals surface area contributed by atoms with E-state index in [9.17, 15) is 0 Å². The van der Waals surface area contributed by atoms with Crippen LogP contribution in [0.2, 0.25) is 0 Å². The Bertz CT molecular complexity index is 391. The third-order valence-electron chi connectivity index (χ3n) is 3.65. The number of nitrogens with one attached hydrogen (secondary N) is 2. The minimum absolute atomic E-state index is 0.875. The first kappa shape index (κ1) is 14.6. The lowest BCUT2D eigenvalue weighted by atomic mass is 10.0. The Labute approximate surface area is 123 Å². The second-order valence-corrected chi connectivity index (χ2v) is 5.97. The minimum Gasteiger partial charge on any atom is -0.369 e. The van der Waals surface area contributed by atoms with Crippen molar-refractivity contribution in [2.45, 2.75) is 45.4 Å². The average molecular weight is 327 g/mol. The van der Waals surface area contributed by atoms with E-state index in [0.29, 0.717) is 0 Å². The van der Waals surface area contributed by atoms with E-state index in [0.717, 1.165) is 41.5 Å². The molecule has 0 atom stereocenters. The van der Waals surface area contributed by atoms with Gasteiger partial charge in [-0.2, -0.15) is 0 Å². The van der Waals surface area contributed by atoms with Crippen molar-refractivity contribution < 1.29 is 0 Å². The van der Waals surface area contributed by atoms with Gasteiger partial charge >= 0.3 is 0 Å². The summed E-state index contributed by atoms with van der Waals surface area (Å²) in [5, 5.41) is 6.72. The van der Waals surface area contributed by atoms with Gasteiger partial charge in [-0.15, -0.1) is 0 Å². The quantitative estimate of drug-likeness (QED) is 0.793. The number of anilines is 2. The van der Waals surface area contributed by atoms with E-state index in [2.05, 4.69) is 43.5 Å². The van der Waals surface area contributed by atoms with E-state index < -0.39 is 0 Å². The second kappa shape index (κ2) is 7.68. The largest absolute Gasteiger partial charge is 0.369 e. The zero-order chi connectivity index (χ0) is 13.5. The highest BCUT2D eigenvalue weighted by molar-refractivity contribution is 9.10. The third-order valence-corrected chi connectivity index (χ3v) is 4.40. The molecule has 0 aliphatic heterocycles. The van der Waals surface area contributed by atoms with Gasteiger partial charge in [0.05, 0.1) is 0 Å². The highest BCUT2D eigenvalue weighted by Crippen LogP contribution is 2.29. The molecule has 1 heterocycles. The van der Waals surface area contributed by atoms with Crippen LogP contribution in [0.1, 0.15) is 45.4 Å². The molecule has 0 aromatic carbocycles. The van der Waals surface area contributed by atoms with Crippen LogP contribution in [0, 0.1) is 5.92 Å². The summed E-state index contributed by atoms with van der Waals surface area (Å²) in [7, 11) is 0. The van der Waals surface area contributed by atoms with Crippen molar-refractivity contribution in [1.29, 1.82) is 0 Å². The van der Waals surface area contributed by atoms with Crippen LogP contribution in [0.15, 0.2) is 10.8 Å². The lowest BCUT2D eigenvalue weighted by Crippen LogP contribution is -2.10. The monoisotopic (exact) mass is 326 g/mol. The summed E-state index contributed by atoms with van der Waals surface area (Å²) in [4.78, 5) is 8.55. The van der Waals surface area contributed by atoms with Crippen LogP contribution >= 0.6 is 15.9 Å². The second-order valence-electron chi connectivity index (χ2n) is 5.18. The maximum Gasteiger partial charge on any atom is 0.145 e. The molecule has 1 aromatic heterocycles. The maximum absolute atomic E-state index is 4.30. The molecule has 2 rings (SSSR count). The van der Waals surface area contributed by atoms with Crippen LogP contribution < -0.4 is 10.6 Å². The smallest absolute Gasteiger partial charge is 0.145 e. The zero-order valence-electron chi connectivity index (χ0n) is 11.6. The Kier molecular flexibility index (Phi) is 5.89. The predicted molar refractivity (Wildman–Crippen MR) is 83.6 cm³/mol. The lowest BCUT2D eigenvalue weighted by molar-refractivity contribution is 0.518. The molecular weight excluding hydrogens is 304 g/mol. The number of nitrogens with zero attached hydrogens (tertiary/aromatic N) is 2. The van der Waals surface area contributed by atoms with Crippen LogP contribution in [0.5, 0.6) is 0 Å². The van der Waals surface area contributed by atoms with Crippen LogP contribution in [0.3, 0.4) is 0 Å². The molecule has 106 valence electrons. The molecule has 0 saturated heterocycles. The summed E-state index contributed by atoms with van der Waals surface area (Å²) in [5.41, 5.74) is 0. The summed E-state index contributed by atoms with van der Waals surface area (Å²) >= 11 is 3.58. The predicted octanol–water partition coefficient (Wildman–Crippen LogP) is 4.05. The SMILES string of the molecule is CCCNc1ncnc(NCCC2CCCC2)c1Br. The van der Waals surface area contributed by atoms with Gasteiger partial charge in [0.25, 0.3) is 0 Å². The van der Waals surface area contributed by atoms with Crippen molar-refractivity contribution in [3.8, 4) is 0 Å². The Morgan fingerprint density at radius 1 is 1.16 bits per heavy atom. The van der Waals surface area contributed by atoms with Crippen LogP contribution in [0.25, 0.3) is 0 Å². The number of rotatable bonds is 7. The fourth-order valence-corrected chi connectivity index (χ4v) is 3.04. The fraction of sp³-hybridized carbons (Fsp3) is 0.714. The van der Waals surface area contributed by atoms with Gasteiger partial charge in [-0.3, -0.25) is 0 Å². The molecular formula is C14H23BrN4. The first-order valence-corrected chi connectivity index (χ1v) is 8.08.